The molecule has 2 heterocycles. The van der Waals surface area contributed by atoms with Crippen molar-refractivity contribution in [2.24, 2.45) is 0 Å². The number of aromatic nitrogens is 1. The Kier molecular flexibility index (Phi) is 7.47. The number of carbonyl (C=O) groups is 1. The van der Waals surface area contributed by atoms with E-state index in [4.69, 9.17) is 30.8 Å². The normalized spacial score (nSPS) is 14.5. The Balaban J connectivity index is 1.65. The molecule has 1 fully saturated rings. The maximum absolute atomic E-state index is 13.7. The number of methoxy groups -OCH3 is 2. The first-order valence-corrected chi connectivity index (χ1v) is 11.7. The van der Waals surface area contributed by atoms with E-state index in [9.17, 15) is 4.79 Å². The van der Waals surface area contributed by atoms with Crippen LogP contribution >= 0.6 is 22.9 Å². The molecule has 9 heteroatoms. The van der Waals surface area contributed by atoms with Crippen molar-refractivity contribution in [1.82, 2.24) is 9.88 Å². The van der Waals surface area contributed by atoms with Gasteiger partial charge in [0.2, 0.25) is 0 Å². The molecule has 0 unspecified atom stereocenters. The zero-order valence-corrected chi connectivity index (χ0v) is 19.7. The molecule has 32 heavy (non-hydrogen) atoms. The minimum atomic E-state index is -0.182. The van der Waals surface area contributed by atoms with Crippen LogP contribution in [0.25, 0.3) is 10.2 Å². The Morgan fingerprint density at radius 2 is 1.97 bits per heavy atom. The topological polar surface area (TPSA) is 64.1 Å². The van der Waals surface area contributed by atoms with Crippen LogP contribution in [-0.2, 0) is 4.74 Å². The molecule has 2 aromatic carbocycles. The quantitative estimate of drug-likeness (QED) is 0.483. The van der Waals surface area contributed by atoms with Gasteiger partial charge in [-0.05, 0) is 30.7 Å². The van der Waals surface area contributed by atoms with E-state index in [0.717, 1.165) is 44.0 Å². The number of anilines is 1. The lowest BCUT2D eigenvalue weighted by molar-refractivity contribution is 0.0376. The Morgan fingerprint density at radius 1 is 1.19 bits per heavy atom. The predicted octanol–water partition coefficient (Wildman–Crippen LogP) is 4.34. The summed E-state index contributed by atoms with van der Waals surface area (Å²) in [6.45, 7) is 4.73. The number of benzene rings is 2. The third-order valence-corrected chi connectivity index (χ3v) is 6.78. The lowest BCUT2D eigenvalue weighted by Crippen LogP contribution is -2.39. The van der Waals surface area contributed by atoms with E-state index in [1.165, 1.54) is 18.4 Å². The summed E-state index contributed by atoms with van der Waals surface area (Å²) < 4.78 is 17.3. The van der Waals surface area contributed by atoms with Crippen molar-refractivity contribution < 1.29 is 19.0 Å². The van der Waals surface area contributed by atoms with Crippen molar-refractivity contribution in [2.45, 2.75) is 6.42 Å². The summed E-state index contributed by atoms with van der Waals surface area (Å²) >= 11 is 7.81. The fraction of sp³-hybridized carbons (Fsp3) is 0.391. The van der Waals surface area contributed by atoms with E-state index in [0.29, 0.717) is 39.3 Å². The van der Waals surface area contributed by atoms with Crippen molar-refractivity contribution in [3.63, 3.8) is 0 Å². The van der Waals surface area contributed by atoms with Gasteiger partial charge in [0.05, 0.1) is 42.7 Å². The molecule has 1 aromatic heterocycles. The summed E-state index contributed by atoms with van der Waals surface area (Å²) in [6, 6.07) is 11.0. The molecule has 1 amide bonds. The molecule has 0 N–H and O–H groups in total. The van der Waals surface area contributed by atoms with Gasteiger partial charge in [0.1, 0.15) is 5.52 Å². The summed E-state index contributed by atoms with van der Waals surface area (Å²) in [5.74, 6) is 0.745. The van der Waals surface area contributed by atoms with Crippen molar-refractivity contribution in [2.75, 3.05) is 58.5 Å². The summed E-state index contributed by atoms with van der Waals surface area (Å²) in [5, 5.41) is 1.19. The van der Waals surface area contributed by atoms with Crippen molar-refractivity contribution in [3.8, 4) is 11.5 Å². The van der Waals surface area contributed by atoms with Gasteiger partial charge in [-0.1, -0.05) is 35.1 Å². The Morgan fingerprint density at radius 3 is 2.69 bits per heavy atom. The number of morpholine rings is 1. The molecule has 0 radical (unpaired) electrons. The highest BCUT2D eigenvalue weighted by Crippen LogP contribution is 2.36. The zero-order chi connectivity index (χ0) is 22.5. The predicted molar refractivity (Wildman–Crippen MR) is 128 cm³/mol. The SMILES string of the molecule is COc1cccc(C(=O)N(CCCN2CCOCC2)c2nc3c(Cl)cccc3s2)c1OC. The molecule has 7 nitrogen and oxygen atoms in total. The summed E-state index contributed by atoms with van der Waals surface area (Å²) in [5.41, 5.74) is 1.14. The van der Waals surface area contributed by atoms with Gasteiger partial charge in [0.15, 0.2) is 16.6 Å². The highest BCUT2D eigenvalue weighted by atomic mass is 35.5. The van der Waals surface area contributed by atoms with Crippen LogP contribution in [0.1, 0.15) is 16.8 Å². The van der Waals surface area contributed by atoms with Gasteiger partial charge in [0, 0.05) is 26.2 Å². The number of carbonyl (C=O) groups excluding carboxylic acids is 1. The number of nitrogens with zero attached hydrogens (tertiary/aromatic N) is 3. The number of rotatable bonds is 8. The van der Waals surface area contributed by atoms with Crippen molar-refractivity contribution in [1.29, 1.82) is 0 Å². The fourth-order valence-electron chi connectivity index (χ4n) is 3.78. The van der Waals surface area contributed by atoms with Gasteiger partial charge in [0.25, 0.3) is 5.91 Å². The van der Waals surface area contributed by atoms with Crippen LogP contribution in [0.3, 0.4) is 0 Å². The summed E-state index contributed by atoms with van der Waals surface area (Å²) in [7, 11) is 3.09. The van der Waals surface area contributed by atoms with Crippen LogP contribution in [0, 0.1) is 0 Å². The molecule has 1 aliphatic rings. The molecular weight excluding hydrogens is 450 g/mol. The van der Waals surface area contributed by atoms with Crippen LogP contribution in [-0.4, -0.2) is 69.4 Å². The molecule has 170 valence electrons. The molecule has 0 saturated carbocycles. The number of ether oxygens (including phenoxy) is 3. The third kappa shape index (κ3) is 4.83. The molecular formula is C23H26ClN3O4S. The van der Waals surface area contributed by atoms with Gasteiger partial charge in [-0.15, -0.1) is 0 Å². The van der Waals surface area contributed by atoms with E-state index in [1.54, 1.807) is 30.2 Å². The maximum atomic E-state index is 13.7. The molecule has 0 spiro atoms. The first-order valence-electron chi connectivity index (χ1n) is 10.5. The van der Waals surface area contributed by atoms with Crippen molar-refractivity contribution >= 4 is 44.2 Å². The number of hydrogen-bond donors (Lipinski definition) is 0. The highest BCUT2D eigenvalue weighted by molar-refractivity contribution is 7.22. The van der Waals surface area contributed by atoms with E-state index in [2.05, 4.69) is 4.90 Å². The third-order valence-electron chi connectivity index (χ3n) is 5.43. The second-order valence-electron chi connectivity index (χ2n) is 7.39. The number of para-hydroxylation sites is 2. The number of fused-ring (bicyclic) bond motifs is 1. The second kappa shape index (κ2) is 10.5. The van der Waals surface area contributed by atoms with Crippen LogP contribution < -0.4 is 14.4 Å². The van der Waals surface area contributed by atoms with Crippen LogP contribution in [0.15, 0.2) is 36.4 Å². The molecule has 4 rings (SSSR count). The van der Waals surface area contributed by atoms with Crippen LogP contribution in [0.4, 0.5) is 5.13 Å². The molecule has 0 bridgehead atoms. The fourth-order valence-corrected chi connectivity index (χ4v) is 5.07. The monoisotopic (exact) mass is 475 g/mol. The van der Waals surface area contributed by atoms with Gasteiger partial charge in [-0.2, -0.15) is 0 Å². The smallest absolute Gasteiger partial charge is 0.263 e. The standard InChI is InChI=1S/C23H26ClN3O4S/c1-29-18-8-3-6-16(21(18)30-2)22(28)27(11-5-10-26-12-14-31-15-13-26)23-25-20-17(24)7-4-9-19(20)32-23/h3-4,6-9H,5,10-15H2,1-2H3. The minimum Gasteiger partial charge on any atom is -0.493 e. The number of amides is 1. The van der Waals surface area contributed by atoms with Crippen LogP contribution in [0.5, 0.6) is 11.5 Å². The van der Waals surface area contributed by atoms with E-state index >= 15 is 0 Å². The molecule has 3 aromatic rings. The first kappa shape index (κ1) is 22.8. The highest BCUT2D eigenvalue weighted by Gasteiger charge is 2.26. The summed E-state index contributed by atoms with van der Waals surface area (Å²) in [6.07, 6.45) is 0.807. The molecule has 1 saturated heterocycles. The molecule has 0 aliphatic carbocycles. The molecule has 1 aliphatic heterocycles. The first-order chi connectivity index (χ1) is 15.6. The van der Waals surface area contributed by atoms with Crippen molar-refractivity contribution in [3.05, 3.63) is 47.0 Å². The summed E-state index contributed by atoms with van der Waals surface area (Å²) in [4.78, 5) is 22.5. The molecule has 0 atom stereocenters. The lowest BCUT2D eigenvalue weighted by atomic mass is 10.1. The average molecular weight is 476 g/mol. The maximum Gasteiger partial charge on any atom is 0.263 e. The van der Waals surface area contributed by atoms with Gasteiger partial charge >= 0.3 is 0 Å². The largest absolute Gasteiger partial charge is 0.493 e. The minimum absolute atomic E-state index is 0.182. The number of halogens is 1. The Hall–Kier alpha value is -2.39. The Bertz CT molecular complexity index is 1080. The number of hydrogen-bond acceptors (Lipinski definition) is 7. The average Bonchev–Trinajstić information content (AvgIpc) is 3.27. The van der Waals surface area contributed by atoms with Gasteiger partial charge in [-0.25, -0.2) is 4.98 Å². The van der Waals surface area contributed by atoms with Crippen LogP contribution in [0.2, 0.25) is 5.02 Å². The zero-order valence-electron chi connectivity index (χ0n) is 18.2. The van der Waals surface area contributed by atoms with Gasteiger partial charge in [-0.3, -0.25) is 14.6 Å². The van der Waals surface area contributed by atoms with Gasteiger partial charge < -0.3 is 14.2 Å². The lowest BCUT2D eigenvalue weighted by Gasteiger charge is -2.28. The van der Waals surface area contributed by atoms with E-state index < -0.39 is 0 Å². The number of thiazole rings is 1. The van der Waals surface area contributed by atoms with E-state index in [1.807, 2.05) is 18.2 Å². The Labute approximate surface area is 196 Å². The second-order valence-corrected chi connectivity index (χ2v) is 8.80. The van der Waals surface area contributed by atoms with E-state index in [-0.39, 0.29) is 5.91 Å².